The first-order valence-corrected chi connectivity index (χ1v) is 12.1. The van der Waals surface area contributed by atoms with E-state index in [0.29, 0.717) is 11.4 Å². The second-order valence-electron chi connectivity index (χ2n) is 6.83. The molecule has 0 bridgehead atoms. The first-order valence-electron chi connectivity index (χ1n) is 9.61. The number of thioether (sulfide) groups is 1. The van der Waals surface area contributed by atoms with Crippen LogP contribution in [0.1, 0.15) is 30.6 Å². The van der Waals surface area contributed by atoms with Gasteiger partial charge in [0.1, 0.15) is 0 Å². The van der Waals surface area contributed by atoms with E-state index < -0.39 is 27.5 Å². The molecule has 2 aromatic rings. The van der Waals surface area contributed by atoms with Gasteiger partial charge in [-0.15, -0.1) is 11.8 Å². The summed E-state index contributed by atoms with van der Waals surface area (Å²) >= 11 is 1.36. The fourth-order valence-electron chi connectivity index (χ4n) is 2.89. The standard InChI is InChI=1S/C21H22N2O6S2/c1-3-29-21(26)14-5-4-6-15(11-14)22-19(24)9-10-31(27,28)16-7-8-18-17(12-16)23-20(25)13(2)30-18/h4-8,11-13H,3,9-10H2,1-2H3,(H,22,24)(H,23,25). The third-order valence-electron chi connectivity index (χ3n) is 4.50. The summed E-state index contributed by atoms with van der Waals surface area (Å²) in [6.07, 6.45) is -0.263. The van der Waals surface area contributed by atoms with Gasteiger partial charge in [0, 0.05) is 17.0 Å². The van der Waals surface area contributed by atoms with Crippen molar-refractivity contribution in [3.63, 3.8) is 0 Å². The number of carbonyl (C=O) groups is 3. The van der Waals surface area contributed by atoms with Crippen LogP contribution in [0.15, 0.2) is 52.3 Å². The van der Waals surface area contributed by atoms with Crippen molar-refractivity contribution in [2.75, 3.05) is 23.0 Å². The average molecular weight is 463 g/mol. The summed E-state index contributed by atoms with van der Waals surface area (Å²) in [6.45, 7) is 3.70. The number of rotatable bonds is 7. The number of esters is 1. The van der Waals surface area contributed by atoms with Crippen molar-refractivity contribution in [1.82, 2.24) is 0 Å². The highest BCUT2D eigenvalue weighted by Crippen LogP contribution is 2.36. The van der Waals surface area contributed by atoms with Crippen molar-refractivity contribution in [2.45, 2.75) is 35.3 Å². The highest BCUT2D eigenvalue weighted by molar-refractivity contribution is 8.01. The summed E-state index contributed by atoms with van der Waals surface area (Å²) in [6, 6.07) is 10.8. The molecule has 1 aliphatic rings. The van der Waals surface area contributed by atoms with E-state index in [-0.39, 0.29) is 34.6 Å². The predicted octanol–water partition coefficient (Wildman–Crippen LogP) is 3.10. The Kier molecular flexibility index (Phi) is 7.01. The normalized spacial score (nSPS) is 15.5. The number of fused-ring (bicyclic) bond motifs is 1. The van der Waals surface area contributed by atoms with E-state index in [1.54, 1.807) is 38.1 Å². The van der Waals surface area contributed by atoms with Crippen LogP contribution in [0.2, 0.25) is 0 Å². The molecule has 1 heterocycles. The van der Waals surface area contributed by atoms with Crippen LogP contribution in [0.3, 0.4) is 0 Å². The molecular formula is C21H22N2O6S2. The molecule has 2 aromatic carbocycles. The number of nitrogens with one attached hydrogen (secondary N) is 2. The summed E-state index contributed by atoms with van der Waals surface area (Å²) in [5, 5.41) is 5.05. The van der Waals surface area contributed by atoms with Crippen LogP contribution in [-0.2, 0) is 24.2 Å². The monoisotopic (exact) mass is 462 g/mol. The zero-order valence-electron chi connectivity index (χ0n) is 17.0. The summed E-state index contributed by atoms with van der Waals surface area (Å²) in [4.78, 5) is 36.7. The van der Waals surface area contributed by atoms with E-state index in [1.807, 2.05) is 0 Å². The van der Waals surface area contributed by atoms with Gasteiger partial charge in [-0.1, -0.05) is 6.07 Å². The molecule has 1 aliphatic heterocycles. The zero-order chi connectivity index (χ0) is 22.6. The van der Waals surface area contributed by atoms with Crippen molar-refractivity contribution in [3.8, 4) is 0 Å². The van der Waals surface area contributed by atoms with Gasteiger partial charge >= 0.3 is 5.97 Å². The second kappa shape index (κ2) is 9.52. The molecule has 31 heavy (non-hydrogen) atoms. The number of carbonyl (C=O) groups excluding carboxylic acids is 3. The molecule has 10 heteroatoms. The van der Waals surface area contributed by atoms with Gasteiger partial charge in [-0.2, -0.15) is 0 Å². The predicted molar refractivity (Wildman–Crippen MR) is 118 cm³/mol. The highest BCUT2D eigenvalue weighted by Gasteiger charge is 2.25. The minimum absolute atomic E-state index is 0.0406. The molecule has 0 radical (unpaired) electrons. The molecule has 0 aromatic heterocycles. The summed E-state index contributed by atoms with van der Waals surface area (Å²) < 4.78 is 30.3. The number of hydrogen-bond acceptors (Lipinski definition) is 7. The Hall–Kier alpha value is -2.85. The Balaban J connectivity index is 1.64. The Bertz CT molecular complexity index is 1130. The van der Waals surface area contributed by atoms with E-state index in [4.69, 9.17) is 4.74 Å². The Morgan fingerprint density at radius 1 is 1.19 bits per heavy atom. The Labute approximate surface area is 184 Å². The number of ether oxygens (including phenoxy) is 1. The molecule has 0 saturated carbocycles. The molecule has 2 N–H and O–H groups in total. The lowest BCUT2D eigenvalue weighted by atomic mass is 10.2. The average Bonchev–Trinajstić information content (AvgIpc) is 2.73. The molecule has 0 aliphatic carbocycles. The topological polar surface area (TPSA) is 119 Å². The van der Waals surface area contributed by atoms with Crippen molar-refractivity contribution in [1.29, 1.82) is 0 Å². The minimum atomic E-state index is -3.74. The lowest BCUT2D eigenvalue weighted by Gasteiger charge is -2.21. The third-order valence-corrected chi connectivity index (χ3v) is 7.39. The van der Waals surface area contributed by atoms with E-state index >= 15 is 0 Å². The second-order valence-corrected chi connectivity index (χ2v) is 10.3. The molecule has 3 rings (SSSR count). The Morgan fingerprint density at radius 3 is 2.71 bits per heavy atom. The highest BCUT2D eigenvalue weighted by atomic mass is 32.2. The van der Waals surface area contributed by atoms with E-state index in [9.17, 15) is 22.8 Å². The van der Waals surface area contributed by atoms with Gasteiger partial charge in [-0.25, -0.2) is 13.2 Å². The van der Waals surface area contributed by atoms with Gasteiger partial charge in [0.2, 0.25) is 11.8 Å². The van der Waals surface area contributed by atoms with Crippen LogP contribution >= 0.6 is 11.8 Å². The molecule has 164 valence electrons. The summed E-state index contributed by atoms with van der Waals surface area (Å²) in [5.74, 6) is -1.59. The van der Waals surface area contributed by atoms with Gasteiger partial charge in [0.25, 0.3) is 0 Å². The van der Waals surface area contributed by atoms with Crippen LogP contribution in [-0.4, -0.2) is 43.8 Å². The molecule has 0 saturated heterocycles. The number of amides is 2. The largest absolute Gasteiger partial charge is 0.462 e. The van der Waals surface area contributed by atoms with Crippen LogP contribution in [0.25, 0.3) is 0 Å². The maximum absolute atomic E-state index is 12.7. The molecule has 0 fully saturated rings. The van der Waals surface area contributed by atoms with E-state index in [2.05, 4.69) is 10.6 Å². The number of sulfone groups is 1. The lowest BCUT2D eigenvalue weighted by Crippen LogP contribution is -2.26. The van der Waals surface area contributed by atoms with Crippen LogP contribution in [0.5, 0.6) is 0 Å². The minimum Gasteiger partial charge on any atom is -0.462 e. The third kappa shape index (κ3) is 5.65. The number of benzene rings is 2. The zero-order valence-corrected chi connectivity index (χ0v) is 18.6. The van der Waals surface area contributed by atoms with Gasteiger partial charge < -0.3 is 15.4 Å². The number of hydrogen-bond donors (Lipinski definition) is 2. The molecule has 2 amide bonds. The summed E-state index contributed by atoms with van der Waals surface area (Å²) in [5.41, 5.74) is 1.11. The van der Waals surface area contributed by atoms with Gasteiger partial charge in [0.05, 0.1) is 33.8 Å². The van der Waals surface area contributed by atoms with Crippen molar-refractivity contribution in [3.05, 3.63) is 48.0 Å². The molecule has 0 spiro atoms. The maximum atomic E-state index is 12.7. The smallest absolute Gasteiger partial charge is 0.338 e. The van der Waals surface area contributed by atoms with Crippen molar-refractivity contribution < 1.29 is 27.5 Å². The molecule has 1 atom stereocenters. The summed E-state index contributed by atoms with van der Waals surface area (Å²) in [7, 11) is -3.74. The lowest BCUT2D eigenvalue weighted by molar-refractivity contribution is -0.116. The molecule has 1 unspecified atom stereocenters. The number of anilines is 2. The SMILES string of the molecule is CCOC(=O)c1cccc(NC(=O)CCS(=O)(=O)c2ccc3c(c2)NC(=O)C(C)S3)c1. The van der Waals surface area contributed by atoms with Crippen molar-refractivity contribution in [2.24, 2.45) is 0 Å². The first kappa shape index (κ1) is 22.8. The van der Waals surface area contributed by atoms with Crippen LogP contribution in [0.4, 0.5) is 11.4 Å². The van der Waals surface area contributed by atoms with E-state index in [0.717, 1.165) is 4.90 Å². The van der Waals surface area contributed by atoms with Gasteiger partial charge in [-0.3, -0.25) is 9.59 Å². The van der Waals surface area contributed by atoms with Crippen LogP contribution in [0, 0.1) is 0 Å². The van der Waals surface area contributed by atoms with E-state index in [1.165, 1.54) is 30.0 Å². The fraction of sp³-hybridized carbons (Fsp3) is 0.286. The molecular weight excluding hydrogens is 440 g/mol. The van der Waals surface area contributed by atoms with Gasteiger partial charge in [0.15, 0.2) is 9.84 Å². The fourth-order valence-corrected chi connectivity index (χ4v) is 5.08. The van der Waals surface area contributed by atoms with Crippen molar-refractivity contribution >= 4 is 50.8 Å². The van der Waals surface area contributed by atoms with Gasteiger partial charge in [-0.05, 0) is 50.2 Å². The first-order chi connectivity index (χ1) is 14.7. The Morgan fingerprint density at radius 2 is 1.97 bits per heavy atom. The molecule has 8 nitrogen and oxygen atoms in total. The maximum Gasteiger partial charge on any atom is 0.338 e. The van der Waals surface area contributed by atoms with Crippen LogP contribution < -0.4 is 10.6 Å². The quantitative estimate of drug-likeness (QED) is 0.607.